The van der Waals surface area contributed by atoms with Crippen molar-refractivity contribution in [2.24, 2.45) is 0 Å². The van der Waals surface area contributed by atoms with Crippen molar-refractivity contribution in [1.29, 1.82) is 0 Å². The van der Waals surface area contributed by atoms with Crippen molar-refractivity contribution in [2.75, 3.05) is 0 Å². The van der Waals surface area contributed by atoms with Gasteiger partial charge in [0.05, 0.1) is 6.42 Å². The number of unbranched alkanes of at least 4 members (excludes halogenated alkanes) is 2. The van der Waals surface area contributed by atoms with E-state index in [9.17, 15) is 9.59 Å². The van der Waals surface area contributed by atoms with Gasteiger partial charge in [-0.1, -0.05) is 57.4 Å². The van der Waals surface area contributed by atoms with Gasteiger partial charge in [-0.25, -0.2) is 0 Å². The van der Waals surface area contributed by atoms with Crippen LogP contribution in [0.25, 0.3) is 0 Å². The second-order valence-electron chi connectivity index (χ2n) is 5.04. The first-order valence-corrected chi connectivity index (χ1v) is 7.31. The number of rotatable bonds is 9. The standard InChI is InChI=1S/C17H24O2/c1-3-5-6-8-16(18)13-17(19)15-11-9-14(7-4-2)10-12-15/h9-12H,3-8,13H2,1-2H3. The van der Waals surface area contributed by atoms with E-state index in [4.69, 9.17) is 0 Å². The summed E-state index contributed by atoms with van der Waals surface area (Å²) in [6.07, 6.45) is 5.78. The molecule has 0 radical (unpaired) electrons. The largest absolute Gasteiger partial charge is 0.299 e. The number of Topliss-reactive ketones (excluding diaryl/α,β-unsaturated/α-hetero) is 2. The van der Waals surface area contributed by atoms with Gasteiger partial charge in [0.25, 0.3) is 0 Å². The zero-order valence-electron chi connectivity index (χ0n) is 12.1. The molecule has 0 unspecified atom stereocenters. The highest BCUT2D eigenvalue weighted by atomic mass is 16.1. The van der Waals surface area contributed by atoms with E-state index in [-0.39, 0.29) is 18.0 Å². The third kappa shape index (κ3) is 5.82. The van der Waals surface area contributed by atoms with Crippen molar-refractivity contribution in [3.63, 3.8) is 0 Å². The van der Waals surface area contributed by atoms with Crippen molar-refractivity contribution in [3.8, 4) is 0 Å². The topological polar surface area (TPSA) is 34.1 Å². The van der Waals surface area contributed by atoms with E-state index in [1.165, 1.54) is 5.56 Å². The predicted molar refractivity (Wildman–Crippen MR) is 78.5 cm³/mol. The van der Waals surface area contributed by atoms with Crippen molar-refractivity contribution in [1.82, 2.24) is 0 Å². The van der Waals surface area contributed by atoms with Crippen molar-refractivity contribution in [2.45, 2.75) is 58.8 Å². The van der Waals surface area contributed by atoms with Gasteiger partial charge in [-0.2, -0.15) is 0 Å². The molecule has 0 aliphatic rings. The summed E-state index contributed by atoms with van der Waals surface area (Å²) >= 11 is 0. The maximum atomic E-state index is 11.9. The minimum Gasteiger partial charge on any atom is -0.299 e. The zero-order valence-corrected chi connectivity index (χ0v) is 12.1. The third-order valence-corrected chi connectivity index (χ3v) is 3.23. The average molecular weight is 260 g/mol. The smallest absolute Gasteiger partial charge is 0.170 e. The molecule has 0 aromatic heterocycles. The van der Waals surface area contributed by atoms with Crippen LogP contribution in [-0.2, 0) is 11.2 Å². The van der Waals surface area contributed by atoms with E-state index < -0.39 is 0 Å². The highest BCUT2D eigenvalue weighted by Crippen LogP contribution is 2.10. The lowest BCUT2D eigenvalue weighted by Crippen LogP contribution is -2.08. The monoisotopic (exact) mass is 260 g/mol. The summed E-state index contributed by atoms with van der Waals surface area (Å²) in [4.78, 5) is 23.6. The van der Waals surface area contributed by atoms with Gasteiger partial charge < -0.3 is 0 Å². The summed E-state index contributed by atoms with van der Waals surface area (Å²) in [6.45, 7) is 4.24. The number of ketones is 2. The van der Waals surface area contributed by atoms with Gasteiger partial charge in [-0.05, 0) is 18.4 Å². The molecule has 0 saturated heterocycles. The Balaban J connectivity index is 2.46. The van der Waals surface area contributed by atoms with E-state index in [1.807, 2.05) is 24.3 Å². The Morgan fingerprint density at radius 3 is 2.21 bits per heavy atom. The molecule has 19 heavy (non-hydrogen) atoms. The SMILES string of the molecule is CCCCCC(=O)CC(=O)c1ccc(CCC)cc1. The average Bonchev–Trinajstić information content (AvgIpc) is 2.40. The van der Waals surface area contributed by atoms with E-state index in [0.29, 0.717) is 12.0 Å². The second-order valence-corrected chi connectivity index (χ2v) is 5.04. The maximum Gasteiger partial charge on any atom is 0.170 e. The van der Waals surface area contributed by atoms with Gasteiger partial charge in [-0.3, -0.25) is 9.59 Å². The molecule has 2 nitrogen and oxygen atoms in total. The van der Waals surface area contributed by atoms with Crippen LogP contribution in [-0.4, -0.2) is 11.6 Å². The lowest BCUT2D eigenvalue weighted by atomic mass is 10.0. The number of benzene rings is 1. The Kier molecular flexibility index (Phi) is 7.09. The fraction of sp³-hybridized carbons (Fsp3) is 0.529. The fourth-order valence-corrected chi connectivity index (χ4v) is 2.09. The van der Waals surface area contributed by atoms with Crippen LogP contribution in [0.4, 0.5) is 0 Å². The molecule has 0 fully saturated rings. The van der Waals surface area contributed by atoms with Crippen LogP contribution in [0.3, 0.4) is 0 Å². The van der Waals surface area contributed by atoms with E-state index in [1.54, 1.807) is 0 Å². The summed E-state index contributed by atoms with van der Waals surface area (Å²) in [7, 11) is 0. The summed E-state index contributed by atoms with van der Waals surface area (Å²) in [6, 6.07) is 7.65. The van der Waals surface area contributed by atoms with Crippen molar-refractivity contribution in [3.05, 3.63) is 35.4 Å². The quantitative estimate of drug-likeness (QED) is 0.375. The van der Waals surface area contributed by atoms with Crippen molar-refractivity contribution >= 4 is 11.6 Å². The molecule has 104 valence electrons. The maximum absolute atomic E-state index is 11.9. The Morgan fingerprint density at radius 1 is 0.947 bits per heavy atom. The number of carbonyl (C=O) groups excluding carboxylic acids is 2. The van der Waals surface area contributed by atoms with Gasteiger partial charge in [-0.15, -0.1) is 0 Å². The minimum atomic E-state index is -0.0513. The van der Waals surface area contributed by atoms with Gasteiger partial charge in [0.2, 0.25) is 0 Å². The summed E-state index contributed by atoms with van der Waals surface area (Å²) in [5.41, 5.74) is 1.90. The van der Waals surface area contributed by atoms with Gasteiger partial charge in [0.1, 0.15) is 5.78 Å². The van der Waals surface area contributed by atoms with E-state index in [2.05, 4.69) is 13.8 Å². The lowest BCUT2D eigenvalue weighted by molar-refractivity contribution is -0.118. The molecular formula is C17H24O2. The van der Waals surface area contributed by atoms with E-state index >= 15 is 0 Å². The predicted octanol–water partition coefficient (Wildman–Crippen LogP) is 4.36. The highest BCUT2D eigenvalue weighted by Gasteiger charge is 2.11. The van der Waals surface area contributed by atoms with Crippen LogP contribution < -0.4 is 0 Å². The van der Waals surface area contributed by atoms with Crippen LogP contribution in [0.1, 0.15) is 68.3 Å². The fourth-order valence-electron chi connectivity index (χ4n) is 2.09. The van der Waals surface area contributed by atoms with Crippen LogP contribution in [0.5, 0.6) is 0 Å². The van der Waals surface area contributed by atoms with Gasteiger partial charge in [0.15, 0.2) is 5.78 Å². The first-order valence-electron chi connectivity index (χ1n) is 7.31. The van der Waals surface area contributed by atoms with Crippen LogP contribution in [0, 0.1) is 0 Å². The molecule has 1 rings (SSSR count). The number of hydrogen-bond donors (Lipinski definition) is 0. The molecule has 1 aromatic rings. The Hall–Kier alpha value is -1.44. The molecule has 1 aromatic carbocycles. The summed E-state index contributed by atoms with van der Waals surface area (Å²) < 4.78 is 0. The van der Waals surface area contributed by atoms with Gasteiger partial charge in [0, 0.05) is 12.0 Å². The first-order chi connectivity index (χ1) is 9.17. The Labute approximate surface area is 116 Å². The summed E-state index contributed by atoms with van der Waals surface area (Å²) in [5, 5.41) is 0. The van der Waals surface area contributed by atoms with Crippen LogP contribution in [0.2, 0.25) is 0 Å². The molecule has 0 N–H and O–H groups in total. The second kappa shape index (κ2) is 8.63. The van der Waals surface area contributed by atoms with Crippen LogP contribution in [0.15, 0.2) is 24.3 Å². The molecular weight excluding hydrogens is 236 g/mol. The number of hydrogen-bond acceptors (Lipinski definition) is 2. The summed E-state index contributed by atoms with van der Waals surface area (Å²) in [5.74, 6) is 0.0145. The minimum absolute atomic E-state index is 0.0513. The van der Waals surface area contributed by atoms with E-state index in [0.717, 1.165) is 32.1 Å². The molecule has 0 bridgehead atoms. The zero-order chi connectivity index (χ0) is 14.1. The third-order valence-electron chi connectivity index (χ3n) is 3.23. The number of carbonyl (C=O) groups is 2. The first kappa shape index (κ1) is 15.6. The molecule has 0 aliphatic carbocycles. The molecule has 0 amide bonds. The molecule has 2 heteroatoms. The normalized spacial score (nSPS) is 10.4. The van der Waals surface area contributed by atoms with Crippen LogP contribution >= 0.6 is 0 Å². The molecule has 0 atom stereocenters. The highest BCUT2D eigenvalue weighted by molar-refractivity contribution is 6.07. The lowest BCUT2D eigenvalue weighted by Gasteiger charge is -2.03. The molecule has 0 spiro atoms. The molecule has 0 saturated carbocycles. The number of aryl methyl sites for hydroxylation is 1. The molecule has 0 aliphatic heterocycles. The van der Waals surface area contributed by atoms with Crippen molar-refractivity contribution < 1.29 is 9.59 Å². The van der Waals surface area contributed by atoms with Gasteiger partial charge >= 0.3 is 0 Å². The Morgan fingerprint density at radius 2 is 1.63 bits per heavy atom. The Bertz CT molecular complexity index is 404. The molecule has 0 heterocycles.